The van der Waals surface area contributed by atoms with Crippen molar-refractivity contribution in [1.82, 2.24) is 0 Å². The first-order valence-corrected chi connectivity index (χ1v) is 11.4. The van der Waals surface area contributed by atoms with Gasteiger partial charge in [-0.25, -0.2) is 0 Å². The van der Waals surface area contributed by atoms with Crippen molar-refractivity contribution >= 4 is 5.57 Å². The zero-order chi connectivity index (χ0) is 19.7. The van der Waals surface area contributed by atoms with Gasteiger partial charge in [-0.2, -0.15) is 0 Å². The molecule has 0 unspecified atom stereocenters. The van der Waals surface area contributed by atoms with Gasteiger partial charge < -0.3 is 0 Å². The Morgan fingerprint density at radius 3 is 2.25 bits per heavy atom. The maximum atomic E-state index is 2.47. The summed E-state index contributed by atoms with van der Waals surface area (Å²) < 4.78 is 0. The topological polar surface area (TPSA) is 0 Å². The molecule has 0 saturated heterocycles. The van der Waals surface area contributed by atoms with Crippen molar-refractivity contribution in [3.05, 3.63) is 75.4 Å². The number of aryl methyl sites for hydroxylation is 1. The minimum absolute atomic E-state index is 1.09. The summed E-state index contributed by atoms with van der Waals surface area (Å²) in [5.74, 6) is 0. The lowest BCUT2D eigenvalue weighted by Crippen LogP contribution is -2.09. The maximum Gasteiger partial charge on any atom is -0.000709 e. The molecule has 2 aromatic rings. The van der Waals surface area contributed by atoms with Gasteiger partial charge in [0.05, 0.1) is 0 Å². The Kier molecular flexibility index (Phi) is 5.58. The number of hydrogen-bond acceptors (Lipinski definition) is 0. The molecule has 2 aromatic carbocycles. The summed E-state index contributed by atoms with van der Waals surface area (Å²) in [5, 5.41) is 0. The van der Waals surface area contributed by atoms with Crippen LogP contribution in [0.15, 0.2) is 36.4 Å². The zero-order valence-corrected chi connectivity index (χ0v) is 18.1. The molecule has 4 rings (SSSR count). The Bertz CT molecular complexity index is 953. The molecule has 0 spiro atoms. The van der Waals surface area contributed by atoms with Crippen LogP contribution in [0.4, 0.5) is 0 Å². The molecule has 146 valence electrons. The predicted molar refractivity (Wildman–Crippen MR) is 123 cm³/mol. The van der Waals surface area contributed by atoms with E-state index in [2.05, 4.69) is 64.1 Å². The number of rotatable bonds is 7. The molecule has 0 saturated carbocycles. The van der Waals surface area contributed by atoms with Gasteiger partial charge in [0.1, 0.15) is 0 Å². The number of allylic oxidation sites excluding steroid dienone is 4. The molecule has 0 heterocycles. The van der Waals surface area contributed by atoms with Crippen LogP contribution in [-0.2, 0) is 32.1 Å². The summed E-state index contributed by atoms with van der Waals surface area (Å²) in [6.07, 6.45) is 16.3. The van der Waals surface area contributed by atoms with Gasteiger partial charge in [0, 0.05) is 0 Å². The SMILES string of the molecule is CCCc1c(CC)c(C2=CC=CC2)c2c(c1CCC)-c1ccc(CC)cc1C2. The van der Waals surface area contributed by atoms with E-state index in [0.717, 1.165) is 25.7 Å². The van der Waals surface area contributed by atoms with Crippen LogP contribution < -0.4 is 0 Å². The summed E-state index contributed by atoms with van der Waals surface area (Å²) in [4.78, 5) is 0. The van der Waals surface area contributed by atoms with E-state index in [0.29, 0.717) is 0 Å². The van der Waals surface area contributed by atoms with Gasteiger partial charge in [-0.05, 0) is 94.2 Å². The molecule has 0 aliphatic heterocycles. The number of fused-ring (bicyclic) bond motifs is 3. The third-order valence-corrected chi connectivity index (χ3v) is 6.60. The molecule has 2 aliphatic rings. The molecule has 0 heteroatoms. The van der Waals surface area contributed by atoms with Gasteiger partial charge in [-0.1, -0.05) is 77.0 Å². The van der Waals surface area contributed by atoms with Crippen molar-refractivity contribution < 1.29 is 0 Å². The van der Waals surface area contributed by atoms with E-state index in [1.54, 1.807) is 38.9 Å². The highest BCUT2D eigenvalue weighted by molar-refractivity contribution is 5.89. The van der Waals surface area contributed by atoms with Crippen molar-refractivity contribution in [3.8, 4) is 11.1 Å². The van der Waals surface area contributed by atoms with Crippen LogP contribution >= 0.6 is 0 Å². The molecule has 0 nitrogen and oxygen atoms in total. The predicted octanol–water partition coefficient (Wildman–Crippen LogP) is 7.63. The maximum absolute atomic E-state index is 2.47. The molecule has 0 N–H and O–H groups in total. The second kappa shape index (κ2) is 8.11. The van der Waals surface area contributed by atoms with Crippen LogP contribution in [0.25, 0.3) is 16.7 Å². The van der Waals surface area contributed by atoms with Gasteiger partial charge in [-0.3, -0.25) is 0 Å². The van der Waals surface area contributed by atoms with Crippen molar-refractivity contribution in [3.63, 3.8) is 0 Å². The third kappa shape index (κ3) is 3.08. The molecule has 2 aliphatic carbocycles. The molecule has 0 bridgehead atoms. The van der Waals surface area contributed by atoms with E-state index >= 15 is 0 Å². The Morgan fingerprint density at radius 1 is 0.821 bits per heavy atom. The lowest BCUT2D eigenvalue weighted by Gasteiger charge is -2.24. The average Bonchev–Trinajstić information content (AvgIpc) is 3.36. The third-order valence-electron chi connectivity index (χ3n) is 6.60. The lowest BCUT2D eigenvalue weighted by molar-refractivity contribution is 0.843. The van der Waals surface area contributed by atoms with Crippen LogP contribution in [0.2, 0.25) is 0 Å². The van der Waals surface area contributed by atoms with Crippen LogP contribution in [0.5, 0.6) is 0 Å². The normalized spacial score (nSPS) is 14.4. The molecular formula is C28H34. The van der Waals surface area contributed by atoms with Crippen LogP contribution in [0.1, 0.15) is 85.9 Å². The van der Waals surface area contributed by atoms with Gasteiger partial charge in [-0.15, -0.1) is 0 Å². The van der Waals surface area contributed by atoms with Gasteiger partial charge in [0.2, 0.25) is 0 Å². The highest BCUT2D eigenvalue weighted by atomic mass is 14.3. The fourth-order valence-corrected chi connectivity index (χ4v) is 5.41. The zero-order valence-electron chi connectivity index (χ0n) is 18.1. The van der Waals surface area contributed by atoms with Crippen LogP contribution in [0, 0.1) is 0 Å². The molecule has 0 atom stereocenters. The Hall–Kier alpha value is -2.08. The van der Waals surface area contributed by atoms with Crippen molar-refractivity contribution in [1.29, 1.82) is 0 Å². The summed E-state index contributed by atoms with van der Waals surface area (Å²) >= 11 is 0. The average molecular weight is 371 g/mol. The first-order valence-electron chi connectivity index (χ1n) is 11.4. The Labute approximate surface area is 171 Å². The molecule has 0 radical (unpaired) electrons. The van der Waals surface area contributed by atoms with E-state index in [4.69, 9.17) is 0 Å². The fourth-order valence-electron chi connectivity index (χ4n) is 5.41. The minimum Gasteiger partial charge on any atom is -0.0801 e. The van der Waals surface area contributed by atoms with Crippen LogP contribution in [-0.4, -0.2) is 0 Å². The van der Waals surface area contributed by atoms with Crippen molar-refractivity contribution in [2.75, 3.05) is 0 Å². The van der Waals surface area contributed by atoms with Crippen molar-refractivity contribution in [2.24, 2.45) is 0 Å². The van der Waals surface area contributed by atoms with Crippen molar-refractivity contribution in [2.45, 2.75) is 79.1 Å². The molecule has 28 heavy (non-hydrogen) atoms. The number of hydrogen-bond donors (Lipinski definition) is 0. The second-order valence-corrected chi connectivity index (χ2v) is 8.36. The first kappa shape index (κ1) is 19.2. The highest BCUT2D eigenvalue weighted by Crippen LogP contribution is 2.48. The standard InChI is InChI=1S/C28H34/c1-5-11-24-22(8-4)27(20-13-9-10-14-20)26-18-21-17-19(7-3)15-16-23(21)28(26)25(24)12-6-2/h9-10,13,15-17H,5-8,11-12,14,18H2,1-4H3. The molecule has 0 aromatic heterocycles. The Morgan fingerprint density at radius 2 is 1.61 bits per heavy atom. The van der Waals surface area contributed by atoms with Gasteiger partial charge in [0.25, 0.3) is 0 Å². The highest BCUT2D eigenvalue weighted by Gasteiger charge is 2.30. The molecule has 0 amide bonds. The summed E-state index contributed by atoms with van der Waals surface area (Å²) in [7, 11) is 0. The lowest BCUT2D eigenvalue weighted by atomic mass is 9.80. The van der Waals surface area contributed by atoms with E-state index in [-0.39, 0.29) is 0 Å². The largest absolute Gasteiger partial charge is 0.0801 e. The molecule has 0 fully saturated rings. The summed E-state index contributed by atoms with van der Waals surface area (Å²) in [6.45, 7) is 9.29. The van der Waals surface area contributed by atoms with Gasteiger partial charge >= 0.3 is 0 Å². The number of benzene rings is 2. The summed E-state index contributed by atoms with van der Waals surface area (Å²) in [5.41, 5.74) is 15.9. The minimum atomic E-state index is 1.09. The van der Waals surface area contributed by atoms with E-state index in [1.165, 1.54) is 42.4 Å². The molecular weight excluding hydrogens is 336 g/mol. The van der Waals surface area contributed by atoms with E-state index in [1.807, 2.05) is 0 Å². The smallest absolute Gasteiger partial charge is 0.000709 e. The Balaban J connectivity index is 2.04. The quantitative estimate of drug-likeness (QED) is 0.401. The van der Waals surface area contributed by atoms with E-state index < -0.39 is 0 Å². The fraction of sp³-hybridized carbons (Fsp3) is 0.429. The van der Waals surface area contributed by atoms with E-state index in [9.17, 15) is 0 Å². The van der Waals surface area contributed by atoms with Gasteiger partial charge in [0.15, 0.2) is 0 Å². The monoisotopic (exact) mass is 370 g/mol. The summed E-state index contributed by atoms with van der Waals surface area (Å²) in [6, 6.07) is 7.25. The second-order valence-electron chi connectivity index (χ2n) is 8.36. The van der Waals surface area contributed by atoms with Crippen LogP contribution in [0.3, 0.4) is 0 Å². The first-order chi connectivity index (χ1) is 13.7.